The molecule has 1 aromatic carbocycles. The van der Waals surface area contributed by atoms with Gasteiger partial charge in [-0.05, 0) is 11.5 Å². The van der Waals surface area contributed by atoms with E-state index in [1.807, 2.05) is 12.1 Å². The zero-order valence-electron chi connectivity index (χ0n) is 11.6. The Labute approximate surface area is 109 Å². The van der Waals surface area contributed by atoms with Gasteiger partial charge >= 0.3 is 0 Å². The van der Waals surface area contributed by atoms with E-state index >= 15 is 0 Å². The van der Waals surface area contributed by atoms with Gasteiger partial charge in [0.15, 0.2) is 11.5 Å². The van der Waals surface area contributed by atoms with Gasteiger partial charge in [0.25, 0.3) is 0 Å². The summed E-state index contributed by atoms with van der Waals surface area (Å²) in [5.41, 5.74) is 1.47. The summed E-state index contributed by atoms with van der Waals surface area (Å²) in [4.78, 5) is 0. The molecule has 0 saturated heterocycles. The highest BCUT2D eigenvalue weighted by atomic mass is 16.5. The summed E-state index contributed by atoms with van der Waals surface area (Å²) in [6, 6.07) is 6.11. The number of nitrogens with one attached hydrogen (secondary N) is 1. The van der Waals surface area contributed by atoms with Crippen molar-refractivity contribution in [3.63, 3.8) is 0 Å². The number of hydrogen-bond acceptors (Lipinski definition) is 3. The van der Waals surface area contributed by atoms with E-state index in [4.69, 9.17) is 9.47 Å². The lowest BCUT2D eigenvalue weighted by Crippen LogP contribution is -2.26. The minimum Gasteiger partial charge on any atom is -0.490 e. The standard InChI is InChI=1S/C15H23NO2/c1-15(2,3)11-16-10-12-6-4-7-13-14(12)18-9-5-8-17-13/h4,6-7,16H,5,8-11H2,1-3H3. The van der Waals surface area contributed by atoms with Crippen molar-refractivity contribution >= 4 is 0 Å². The molecule has 100 valence electrons. The van der Waals surface area contributed by atoms with Crippen molar-refractivity contribution in [3.8, 4) is 11.5 Å². The third-order valence-electron chi connectivity index (χ3n) is 2.82. The Morgan fingerprint density at radius 2 is 1.94 bits per heavy atom. The molecule has 2 rings (SSSR count). The molecule has 0 aromatic heterocycles. The van der Waals surface area contributed by atoms with E-state index in [2.05, 4.69) is 32.2 Å². The Bertz CT molecular complexity index is 396. The van der Waals surface area contributed by atoms with Crippen LogP contribution in [0, 0.1) is 5.41 Å². The van der Waals surface area contributed by atoms with Gasteiger partial charge in [-0.2, -0.15) is 0 Å². The lowest BCUT2D eigenvalue weighted by atomic mass is 9.97. The first-order chi connectivity index (χ1) is 8.56. The smallest absolute Gasteiger partial charge is 0.165 e. The van der Waals surface area contributed by atoms with Gasteiger partial charge in [-0.15, -0.1) is 0 Å². The van der Waals surface area contributed by atoms with Gasteiger partial charge in [0.05, 0.1) is 13.2 Å². The van der Waals surface area contributed by atoms with Crippen LogP contribution in [-0.4, -0.2) is 19.8 Å². The van der Waals surface area contributed by atoms with Crippen LogP contribution in [0.25, 0.3) is 0 Å². The largest absolute Gasteiger partial charge is 0.490 e. The fourth-order valence-corrected chi connectivity index (χ4v) is 1.97. The molecule has 0 saturated carbocycles. The highest BCUT2D eigenvalue weighted by Crippen LogP contribution is 2.33. The average molecular weight is 249 g/mol. The normalized spacial score (nSPS) is 15.3. The minimum absolute atomic E-state index is 0.295. The molecule has 0 spiro atoms. The van der Waals surface area contributed by atoms with Gasteiger partial charge in [0.1, 0.15) is 0 Å². The quantitative estimate of drug-likeness (QED) is 0.893. The number of benzene rings is 1. The molecule has 0 aliphatic carbocycles. The molecule has 3 nitrogen and oxygen atoms in total. The third kappa shape index (κ3) is 3.64. The topological polar surface area (TPSA) is 30.5 Å². The van der Waals surface area contributed by atoms with Gasteiger partial charge in [-0.3, -0.25) is 0 Å². The van der Waals surface area contributed by atoms with E-state index < -0.39 is 0 Å². The van der Waals surface area contributed by atoms with Crippen LogP contribution in [0.2, 0.25) is 0 Å². The molecule has 18 heavy (non-hydrogen) atoms. The van der Waals surface area contributed by atoms with Crippen LogP contribution >= 0.6 is 0 Å². The van der Waals surface area contributed by atoms with Gasteiger partial charge in [0.2, 0.25) is 0 Å². The molecule has 0 fully saturated rings. The first kappa shape index (κ1) is 13.2. The first-order valence-corrected chi connectivity index (χ1v) is 6.64. The fraction of sp³-hybridized carbons (Fsp3) is 0.600. The molecule has 0 radical (unpaired) electrons. The lowest BCUT2D eigenvalue weighted by molar-refractivity contribution is 0.295. The van der Waals surface area contributed by atoms with E-state index in [0.717, 1.165) is 44.2 Å². The van der Waals surface area contributed by atoms with E-state index in [1.165, 1.54) is 5.56 Å². The fourth-order valence-electron chi connectivity index (χ4n) is 1.97. The molecule has 0 bridgehead atoms. The van der Waals surface area contributed by atoms with Crippen molar-refractivity contribution in [1.29, 1.82) is 0 Å². The van der Waals surface area contributed by atoms with Crippen LogP contribution < -0.4 is 14.8 Å². The van der Waals surface area contributed by atoms with Gasteiger partial charge in [-0.1, -0.05) is 32.9 Å². The summed E-state index contributed by atoms with van der Waals surface area (Å²) >= 11 is 0. The predicted molar refractivity (Wildman–Crippen MR) is 73.2 cm³/mol. The van der Waals surface area contributed by atoms with Crippen molar-refractivity contribution < 1.29 is 9.47 Å². The van der Waals surface area contributed by atoms with Crippen LogP contribution in [0.5, 0.6) is 11.5 Å². The third-order valence-corrected chi connectivity index (χ3v) is 2.82. The second-order valence-electron chi connectivity index (χ2n) is 5.96. The highest BCUT2D eigenvalue weighted by molar-refractivity contribution is 5.47. The monoisotopic (exact) mass is 249 g/mol. The molecule has 1 aromatic rings. The van der Waals surface area contributed by atoms with Crippen LogP contribution in [0.4, 0.5) is 0 Å². The van der Waals surface area contributed by atoms with Gasteiger partial charge in [0, 0.05) is 25.1 Å². The number of rotatable bonds is 3. The second-order valence-corrected chi connectivity index (χ2v) is 5.96. The van der Waals surface area contributed by atoms with E-state index in [9.17, 15) is 0 Å². The molecule has 0 unspecified atom stereocenters. The summed E-state index contributed by atoms with van der Waals surface area (Å²) in [6.07, 6.45) is 0.948. The minimum atomic E-state index is 0.295. The highest BCUT2D eigenvalue weighted by Gasteiger charge is 2.15. The average Bonchev–Trinajstić information content (AvgIpc) is 2.53. The maximum Gasteiger partial charge on any atom is 0.165 e. The van der Waals surface area contributed by atoms with Gasteiger partial charge in [-0.25, -0.2) is 0 Å². The van der Waals surface area contributed by atoms with Crippen molar-refractivity contribution in [2.24, 2.45) is 5.41 Å². The zero-order valence-corrected chi connectivity index (χ0v) is 11.6. The van der Waals surface area contributed by atoms with Crippen molar-refractivity contribution in [2.45, 2.75) is 33.7 Å². The summed E-state index contributed by atoms with van der Waals surface area (Å²) in [5, 5.41) is 3.48. The molecule has 1 aliphatic rings. The molecule has 1 aliphatic heterocycles. The summed E-state index contributed by atoms with van der Waals surface area (Å²) in [7, 11) is 0. The maximum atomic E-state index is 5.80. The van der Waals surface area contributed by atoms with Crippen molar-refractivity contribution in [2.75, 3.05) is 19.8 Å². The molecule has 1 N–H and O–H groups in total. The van der Waals surface area contributed by atoms with Crippen LogP contribution in [-0.2, 0) is 6.54 Å². The Kier molecular flexibility index (Phi) is 4.12. The lowest BCUT2D eigenvalue weighted by Gasteiger charge is -2.19. The Hall–Kier alpha value is -1.22. The summed E-state index contributed by atoms with van der Waals surface area (Å²) in [5.74, 6) is 1.79. The number of para-hydroxylation sites is 1. The van der Waals surface area contributed by atoms with E-state index in [0.29, 0.717) is 5.41 Å². The zero-order chi connectivity index (χ0) is 13.0. The predicted octanol–water partition coefficient (Wildman–Crippen LogP) is 2.98. The molecular formula is C15H23NO2. The molecule has 0 amide bonds. The van der Waals surface area contributed by atoms with Crippen LogP contribution in [0.15, 0.2) is 18.2 Å². The van der Waals surface area contributed by atoms with Crippen molar-refractivity contribution in [3.05, 3.63) is 23.8 Å². The number of hydrogen-bond donors (Lipinski definition) is 1. The molecule has 0 atom stereocenters. The Morgan fingerprint density at radius 3 is 2.72 bits per heavy atom. The maximum absolute atomic E-state index is 5.80. The summed E-state index contributed by atoms with van der Waals surface area (Å²) < 4.78 is 11.5. The number of ether oxygens (including phenoxy) is 2. The van der Waals surface area contributed by atoms with Crippen molar-refractivity contribution in [1.82, 2.24) is 5.32 Å². The SMILES string of the molecule is CC(C)(C)CNCc1cccc2c1OCCCO2. The number of fused-ring (bicyclic) bond motifs is 1. The molecule has 3 heteroatoms. The second kappa shape index (κ2) is 5.61. The van der Waals surface area contributed by atoms with Crippen LogP contribution in [0.1, 0.15) is 32.8 Å². The van der Waals surface area contributed by atoms with E-state index in [1.54, 1.807) is 0 Å². The molecular weight excluding hydrogens is 226 g/mol. The van der Waals surface area contributed by atoms with E-state index in [-0.39, 0.29) is 0 Å². The summed E-state index contributed by atoms with van der Waals surface area (Å²) in [6.45, 7) is 9.97. The first-order valence-electron chi connectivity index (χ1n) is 6.64. The van der Waals surface area contributed by atoms with Gasteiger partial charge < -0.3 is 14.8 Å². The Balaban J connectivity index is 2.04. The molecule has 1 heterocycles. The van der Waals surface area contributed by atoms with Crippen LogP contribution in [0.3, 0.4) is 0 Å². The Morgan fingerprint density at radius 1 is 1.17 bits per heavy atom.